The van der Waals surface area contributed by atoms with Crippen LogP contribution in [-0.4, -0.2) is 6.10 Å². The van der Waals surface area contributed by atoms with Gasteiger partial charge in [-0.1, -0.05) is 51.8 Å². The normalized spacial score (nSPS) is 50.9. The van der Waals surface area contributed by atoms with Crippen LogP contribution < -0.4 is 0 Å². The maximum Gasteiger partial charge on any atom is 0.286 e. The van der Waals surface area contributed by atoms with Crippen LogP contribution in [0.25, 0.3) is 0 Å². The van der Waals surface area contributed by atoms with Gasteiger partial charge < -0.3 is 4.74 Å². The van der Waals surface area contributed by atoms with E-state index in [0.29, 0.717) is 10.8 Å². The van der Waals surface area contributed by atoms with Gasteiger partial charge in [0.15, 0.2) is 0 Å². The maximum atomic E-state index is 8.84. The number of ether oxygens (including phenoxy) is 1. The first-order valence-electron chi connectivity index (χ1n) is 10.3. The Morgan fingerprint density at radius 3 is 2.68 bits per heavy atom. The van der Waals surface area contributed by atoms with Gasteiger partial charge in [-0.15, -0.1) is 0 Å². The Balaban J connectivity index is 1.65. The number of hydrogen-bond donors (Lipinski definition) is 0. The fourth-order valence-electron chi connectivity index (χ4n) is 7.31. The second-order valence-corrected chi connectivity index (χ2v) is 9.84. The first kappa shape index (κ1) is 17.2. The van der Waals surface area contributed by atoms with Gasteiger partial charge in [-0.2, -0.15) is 5.26 Å². The van der Waals surface area contributed by atoms with Gasteiger partial charge in [0.25, 0.3) is 6.26 Å². The molecule has 136 valence electrons. The molecule has 0 aliphatic heterocycles. The number of rotatable bonds is 2. The van der Waals surface area contributed by atoms with Crippen LogP contribution in [0, 0.1) is 45.5 Å². The topological polar surface area (TPSA) is 33.0 Å². The predicted octanol–water partition coefficient (Wildman–Crippen LogP) is 6.01. The fourth-order valence-corrected chi connectivity index (χ4v) is 7.31. The molecule has 2 heteroatoms. The molecule has 2 saturated carbocycles. The van der Waals surface area contributed by atoms with Crippen molar-refractivity contribution in [2.45, 2.75) is 78.7 Å². The third-order valence-corrected chi connectivity index (χ3v) is 9.37. The molecule has 0 aromatic carbocycles. The second-order valence-electron chi connectivity index (χ2n) is 9.84. The highest BCUT2D eigenvalue weighted by molar-refractivity contribution is 5.33. The van der Waals surface area contributed by atoms with Crippen LogP contribution in [0.4, 0.5) is 0 Å². The first-order chi connectivity index (χ1) is 11.9. The van der Waals surface area contributed by atoms with Gasteiger partial charge in [0.05, 0.1) is 0 Å². The lowest BCUT2D eigenvalue weighted by Crippen LogP contribution is -2.51. The molecule has 0 saturated heterocycles. The highest BCUT2D eigenvalue weighted by atomic mass is 16.5. The Kier molecular flexibility index (Phi) is 3.87. The molecule has 4 rings (SSSR count). The fraction of sp³-hybridized carbons (Fsp3) is 0.783. The van der Waals surface area contributed by atoms with Crippen LogP contribution >= 0.6 is 0 Å². The van der Waals surface area contributed by atoms with Crippen molar-refractivity contribution in [1.29, 1.82) is 5.26 Å². The smallest absolute Gasteiger partial charge is 0.286 e. The zero-order valence-corrected chi connectivity index (χ0v) is 16.3. The number of nitriles is 1. The third-order valence-electron chi connectivity index (χ3n) is 9.37. The number of fused-ring (bicyclic) bond motifs is 5. The standard InChI is InChI=1S/C23H33NO/c1-5-21(2)11-9-20-18-7-6-16-14-17(25-15-24)8-12-22(16,3)19(18)10-13-23(20,21)4/h6,8,12,17-20H,5,7,9-11,13-14H2,1-4H3. The van der Waals surface area contributed by atoms with Crippen molar-refractivity contribution in [2.24, 2.45) is 34.0 Å². The van der Waals surface area contributed by atoms with Gasteiger partial charge in [-0.05, 0) is 66.8 Å². The molecule has 0 spiro atoms. The van der Waals surface area contributed by atoms with Crippen molar-refractivity contribution in [3.63, 3.8) is 0 Å². The second kappa shape index (κ2) is 5.63. The summed E-state index contributed by atoms with van der Waals surface area (Å²) in [5.41, 5.74) is 2.76. The molecular weight excluding hydrogens is 306 g/mol. The van der Waals surface area contributed by atoms with E-state index in [1.54, 1.807) is 0 Å². The minimum atomic E-state index is -0.0513. The molecule has 2 fully saturated rings. The molecule has 0 amide bonds. The molecule has 25 heavy (non-hydrogen) atoms. The Hall–Kier alpha value is -1.23. The van der Waals surface area contributed by atoms with Gasteiger partial charge in [-0.25, -0.2) is 0 Å². The van der Waals surface area contributed by atoms with Crippen molar-refractivity contribution in [1.82, 2.24) is 0 Å². The summed E-state index contributed by atoms with van der Waals surface area (Å²) in [6.07, 6.45) is 17.9. The number of hydrogen-bond acceptors (Lipinski definition) is 2. The Labute approximate surface area is 153 Å². The summed E-state index contributed by atoms with van der Waals surface area (Å²) in [4.78, 5) is 0. The van der Waals surface area contributed by atoms with Crippen molar-refractivity contribution >= 4 is 0 Å². The molecule has 0 aromatic heterocycles. The molecule has 0 N–H and O–H groups in total. The lowest BCUT2D eigenvalue weighted by molar-refractivity contribution is -0.0565. The van der Waals surface area contributed by atoms with E-state index in [0.717, 1.165) is 24.2 Å². The summed E-state index contributed by atoms with van der Waals surface area (Å²) in [5, 5.41) is 8.84. The summed E-state index contributed by atoms with van der Waals surface area (Å²) in [5.74, 6) is 2.48. The van der Waals surface area contributed by atoms with E-state index >= 15 is 0 Å². The van der Waals surface area contributed by atoms with Gasteiger partial charge in [0.2, 0.25) is 0 Å². The molecule has 4 aliphatic carbocycles. The molecule has 0 bridgehead atoms. The van der Waals surface area contributed by atoms with Crippen LogP contribution in [-0.2, 0) is 4.74 Å². The molecule has 4 aliphatic rings. The predicted molar refractivity (Wildman–Crippen MR) is 100 cm³/mol. The highest BCUT2D eigenvalue weighted by Gasteiger charge is 2.61. The molecule has 0 aromatic rings. The highest BCUT2D eigenvalue weighted by Crippen LogP contribution is 2.69. The van der Waals surface area contributed by atoms with E-state index in [-0.39, 0.29) is 11.5 Å². The molecule has 0 heterocycles. The zero-order valence-electron chi connectivity index (χ0n) is 16.3. The van der Waals surface area contributed by atoms with E-state index in [4.69, 9.17) is 10.00 Å². The van der Waals surface area contributed by atoms with Gasteiger partial charge in [0.1, 0.15) is 6.10 Å². The summed E-state index contributed by atoms with van der Waals surface area (Å²) in [6, 6.07) is 0. The van der Waals surface area contributed by atoms with E-state index in [1.807, 2.05) is 6.26 Å². The molecule has 0 radical (unpaired) electrons. The SMILES string of the molecule is CCC1(C)CCC2C3CC=C4CC(OC#N)C=CC4(C)C3CCC21C. The van der Waals surface area contributed by atoms with E-state index < -0.39 is 0 Å². The van der Waals surface area contributed by atoms with E-state index in [9.17, 15) is 0 Å². The molecule has 2 nitrogen and oxygen atoms in total. The Morgan fingerprint density at radius 2 is 1.96 bits per heavy atom. The summed E-state index contributed by atoms with van der Waals surface area (Å²) in [7, 11) is 0. The molecule has 7 atom stereocenters. The lowest BCUT2D eigenvalue weighted by atomic mass is 9.46. The number of nitrogens with zero attached hydrogens (tertiary/aromatic N) is 1. The van der Waals surface area contributed by atoms with Crippen molar-refractivity contribution in [2.75, 3.05) is 0 Å². The summed E-state index contributed by atoms with van der Waals surface area (Å²) >= 11 is 0. The maximum absolute atomic E-state index is 8.84. The van der Waals surface area contributed by atoms with Crippen LogP contribution in [0.15, 0.2) is 23.8 Å². The summed E-state index contributed by atoms with van der Waals surface area (Å²) in [6.45, 7) is 10.0. The van der Waals surface area contributed by atoms with Crippen molar-refractivity contribution in [3.05, 3.63) is 23.8 Å². The summed E-state index contributed by atoms with van der Waals surface area (Å²) < 4.78 is 5.22. The molecule has 7 unspecified atom stereocenters. The first-order valence-corrected chi connectivity index (χ1v) is 10.3. The quantitative estimate of drug-likeness (QED) is 0.456. The Morgan fingerprint density at radius 1 is 1.20 bits per heavy atom. The third kappa shape index (κ3) is 2.20. The monoisotopic (exact) mass is 339 g/mol. The zero-order chi connectivity index (χ0) is 17.9. The largest absolute Gasteiger partial charge is 0.420 e. The minimum absolute atomic E-state index is 0.0513. The molecular formula is C23H33NO. The van der Waals surface area contributed by atoms with Crippen molar-refractivity contribution < 1.29 is 4.74 Å². The van der Waals surface area contributed by atoms with Gasteiger partial charge >= 0.3 is 0 Å². The van der Waals surface area contributed by atoms with Crippen LogP contribution in [0.3, 0.4) is 0 Å². The average molecular weight is 340 g/mol. The van der Waals surface area contributed by atoms with Crippen LogP contribution in [0.2, 0.25) is 0 Å². The van der Waals surface area contributed by atoms with Crippen LogP contribution in [0.1, 0.15) is 72.6 Å². The average Bonchev–Trinajstić information content (AvgIpc) is 2.87. The minimum Gasteiger partial charge on any atom is -0.420 e. The van der Waals surface area contributed by atoms with Crippen molar-refractivity contribution in [3.8, 4) is 6.26 Å². The Bertz CT molecular complexity index is 657. The van der Waals surface area contributed by atoms with Crippen LogP contribution in [0.5, 0.6) is 0 Å². The number of allylic oxidation sites excluding steroid dienone is 2. The van der Waals surface area contributed by atoms with Gasteiger partial charge in [0, 0.05) is 11.8 Å². The van der Waals surface area contributed by atoms with Gasteiger partial charge in [-0.3, -0.25) is 0 Å². The van der Waals surface area contributed by atoms with E-state index in [2.05, 4.69) is 45.9 Å². The lowest BCUT2D eigenvalue weighted by Gasteiger charge is -2.58. The van der Waals surface area contributed by atoms with E-state index in [1.165, 1.54) is 44.1 Å².